The van der Waals surface area contributed by atoms with E-state index in [0.29, 0.717) is 33.7 Å². The summed E-state index contributed by atoms with van der Waals surface area (Å²) in [5.74, 6) is 0.231. The Morgan fingerprint density at radius 1 is 1.04 bits per heavy atom. The number of hydrogen-bond donors (Lipinski definition) is 1. The summed E-state index contributed by atoms with van der Waals surface area (Å²) in [7, 11) is 0. The molecule has 0 fully saturated rings. The van der Waals surface area contributed by atoms with Crippen molar-refractivity contribution >= 4 is 16.8 Å². The van der Waals surface area contributed by atoms with Gasteiger partial charge in [0.05, 0.1) is 11.9 Å². The summed E-state index contributed by atoms with van der Waals surface area (Å²) in [6.07, 6.45) is 3.12. The average molecular weight is 373 g/mol. The quantitative estimate of drug-likeness (QED) is 0.565. The maximum atomic E-state index is 13.8. The number of aromatic nitrogens is 2. The Labute approximate surface area is 160 Å². The summed E-state index contributed by atoms with van der Waals surface area (Å²) in [6.45, 7) is 1.82. The van der Waals surface area contributed by atoms with E-state index in [1.54, 1.807) is 48.7 Å². The van der Waals surface area contributed by atoms with Crippen LogP contribution in [0.25, 0.3) is 22.2 Å². The van der Waals surface area contributed by atoms with Gasteiger partial charge in [0.25, 0.3) is 0 Å². The third-order valence-corrected chi connectivity index (χ3v) is 4.39. The first-order valence-corrected chi connectivity index (χ1v) is 8.60. The molecule has 28 heavy (non-hydrogen) atoms. The molecule has 0 radical (unpaired) electrons. The molecule has 4 aromatic rings. The minimum Gasteiger partial charge on any atom is -0.456 e. The van der Waals surface area contributed by atoms with Gasteiger partial charge in [-0.2, -0.15) is 0 Å². The van der Waals surface area contributed by atoms with Crippen molar-refractivity contribution < 1.29 is 13.9 Å². The number of aryl methyl sites for hydroxylation is 1. The highest BCUT2D eigenvalue weighted by atomic mass is 19.1. The fraction of sp³-hybridized carbons (Fsp3) is 0.0455. The lowest BCUT2D eigenvalue weighted by molar-refractivity contribution is 0.0999. The normalized spacial score (nSPS) is 10.8. The van der Waals surface area contributed by atoms with Crippen molar-refractivity contribution in [3.8, 4) is 22.8 Å². The molecule has 0 bridgehead atoms. The van der Waals surface area contributed by atoms with Crippen molar-refractivity contribution in [3.63, 3.8) is 0 Å². The first-order valence-electron chi connectivity index (χ1n) is 8.60. The number of rotatable bonds is 4. The molecular formula is C22H16FN3O2. The first-order chi connectivity index (χ1) is 13.5. The molecule has 2 N–H and O–H groups in total. The molecule has 0 saturated carbocycles. The van der Waals surface area contributed by atoms with Crippen LogP contribution in [-0.4, -0.2) is 15.9 Å². The molecule has 138 valence electrons. The maximum absolute atomic E-state index is 13.8. The summed E-state index contributed by atoms with van der Waals surface area (Å²) >= 11 is 0. The molecule has 0 aliphatic carbocycles. The van der Waals surface area contributed by atoms with Gasteiger partial charge in [0.15, 0.2) is 0 Å². The van der Waals surface area contributed by atoms with Crippen LogP contribution in [0.1, 0.15) is 15.9 Å². The van der Waals surface area contributed by atoms with Gasteiger partial charge in [-0.1, -0.05) is 18.2 Å². The summed E-state index contributed by atoms with van der Waals surface area (Å²) in [5, 5.41) is 0.657. The van der Waals surface area contributed by atoms with Crippen molar-refractivity contribution in [1.29, 1.82) is 0 Å². The van der Waals surface area contributed by atoms with Gasteiger partial charge >= 0.3 is 0 Å². The van der Waals surface area contributed by atoms with Crippen LogP contribution in [0.3, 0.4) is 0 Å². The van der Waals surface area contributed by atoms with E-state index in [1.807, 2.05) is 13.0 Å². The van der Waals surface area contributed by atoms with Gasteiger partial charge in [-0.3, -0.25) is 9.78 Å². The smallest absolute Gasteiger partial charge is 0.248 e. The third kappa shape index (κ3) is 3.40. The average Bonchev–Trinajstić information content (AvgIpc) is 2.68. The van der Waals surface area contributed by atoms with Crippen LogP contribution in [0.2, 0.25) is 0 Å². The molecule has 6 heteroatoms. The first kappa shape index (κ1) is 17.6. The van der Waals surface area contributed by atoms with Crippen LogP contribution >= 0.6 is 0 Å². The van der Waals surface area contributed by atoms with Crippen molar-refractivity contribution in [3.05, 3.63) is 83.9 Å². The van der Waals surface area contributed by atoms with E-state index in [0.717, 1.165) is 11.1 Å². The summed E-state index contributed by atoms with van der Waals surface area (Å²) in [4.78, 5) is 19.9. The van der Waals surface area contributed by atoms with E-state index in [9.17, 15) is 9.18 Å². The number of para-hydroxylation sites is 1. The minimum atomic E-state index is -0.464. The highest BCUT2D eigenvalue weighted by Crippen LogP contribution is 2.28. The molecule has 2 aromatic heterocycles. The lowest BCUT2D eigenvalue weighted by Crippen LogP contribution is -2.12. The largest absolute Gasteiger partial charge is 0.456 e. The summed E-state index contributed by atoms with van der Waals surface area (Å²) in [5.41, 5.74) is 8.44. The summed E-state index contributed by atoms with van der Waals surface area (Å²) < 4.78 is 19.6. The highest BCUT2D eigenvalue weighted by molar-refractivity contribution is 5.94. The molecule has 0 aliphatic heterocycles. The van der Waals surface area contributed by atoms with Gasteiger partial charge in [0.2, 0.25) is 5.91 Å². The number of fused-ring (bicyclic) bond motifs is 1. The number of hydrogen-bond acceptors (Lipinski definition) is 4. The van der Waals surface area contributed by atoms with Crippen molar-refractivity contribution in [2.75, 3.05) is 0 Å². The Bertz CT molecular complexity index is 1210. The zero-order valence-corrected chi connectivity index (χ0v) is 15.0. The Balaban J connectivity index is 1.64. The van der Waals surface area contributed by atoms with Gasteiger partial charge in [0.1, 0.15) is 22.8 Å². The van der Waals surface area contributed by atoms with Gasteiger partial charge in [-0.25, -0.2) is 9.37 Å². The number of benzene rings is 2. The lowest BCUT2D eigenvalue weighted by atomic mass is 10.0. The van der Waals surface area contributed by atoms with E-state index >= 15 is 0 Å². The third-order valence-electron chi connectivity index (χ3n) is 4.39. The Kier molecular flexibility index (Phi) is 4.45. The molecule has 5 nitrogen and oxygen atoms in total. The minimum absolute atomic E-state index is 0.301. The second kappa shape index (κ2) is 7.08. The molecule has 0 unspecified atom stereocenters. The Morgan fingerprint density at radius 3 is 2.68 bits per heavy atom. The molecule has 0 spiro atoms. The van der Waals surface area contributed by atoms with E-state index in [2.05, 4.69) is 9.97 Å². The van der Waals surface area contributed by atoms with Gasteiger partial charge in [-0.15, -0.1) is 0 Å². The fourth-order valence-corrected chi connectivity index (χ4v) is 3.03. The van der Waals surface area contributed by atoms with E-state index in [4.69, 9.17) is 10.5 Å². The molecule has 4 rings (SSSR count). The van der Waals surface area contributed by atoms with E-state index in [-0.39, 0.29) is 5.82 Å². The number of carbonyl (C=O) groups excluding carboxylic acids is 1. The van der Waals surface area contributed by atoms with Gasteiger partial charge < -0.3 is 10.5 Å². The molecular weight excluding hydrogens is 357 g/mol. The fourth-order valence-electron chi connectivity index (χ4n) is 3.03. The molecule has 1 amide bonds. The number of nitrogens with two attached hydrogens (primary N) is 1. The van der Waals surface area contributed by atoms with E-state index < -0.39 is 5.91 Å². The van der Waals surface area contributed by atoms with Gasteiger partial charge in [-0.05, 0) is 42.8 Å². The number of primary amides is 1. The zero-order valence-electron chi connectivity index (χ0n) is 15.0. The number of halogens is 1. The highest BCUT2D eigenvalue weighted by Gasteiger charge is 2.09. The number of ether oxygens (including phenoxy) is 1. The number of pyridine rings is 2. The number of amides is 1. The van der Waals surface area contributed by atoms with Crippen LogP contribution in [-0.2, 0) is 0 Å². The van der Waals surface area contributed by atoms with Crippen molar-refractivity contribution in [2.24, 2.45) is 5.73 Å². The van der Waals surface area contributed by atoms with Gasteiger partial charge in [0, 0.05) is 28.8 Å². The van der Waals surface area contributed by atoms with Crippen molar-refractivity contribution in [2.45, 2.75) is 6.92 Å². The van der Waals surface area contributed by atoms with Crippen LogP contribution in [0.4, 0.5) is 4.39 Å². The van der Waals surface area contributed by atoms with Crippen LogP contribution < -0.4 is 10.5 Å². The second-order valence-corrected chi connectivity index (χ2v) is 6.36. The predicted octanol–water partition coefficient (Wildman–Crippen LogP) is 4.64. The van der Waals surface area contributed by atoms with Crippen LogP contribution in [0.15, 0.2) is 67.0 Å². The topological polar surface area (TPSA) is 78.1 Å². The second-order valence-electron chi connectivity index (χ2n) is 6.36. The van der Waals surface area contributed by atoms with Crippen LogP contribution in [0, 0.1) is 12.7 Å². The zero-order chi connectivity index (χ0) is 19.7. The Hall–Kier alpha value is -3.80. The molecule has 0 aliphatic rings. The lowest BCUT2D eigenvalue weighted by Gasteiger charge is -2.09. The SMILES string of the molecule is Cc1cc(-c2cc(Oc3cnc4c(F)cccc4c3)ccn2)ccc1C(N)=O. The summed E-state index contributed by atoms with van der Waals surface area (Å²) in [6, 6.07) is 15.4. The number of nitrogens with zero attached hydrogens (tertiary/aromatic N) is 2. The Morgan fingerprint density at radius 2 is 1.89 bits per heavy atom. The predicted molar refractivity (Wildman–Crippen MR) is 105 cm³/mol. The van der Waals surface area contributed by atoms with E-state index in [1.165, 1.54) is 12.3 Å². The van der Waals surface area contributed by atoms with Crippen LogP contribution in [0.5, 0.6) is 11.5 Å². The molecule has 2 aromatic carbocycles. The van der Waals surface area contributed by atoms with Crippen molar-refractivity contribution in [1.82, 2.24) is 9.97 Å². The molecule has 0 saturated heterocycles. The monoisotopic (exact) mass is 373 g/mol. The standard InChI is InChI=1S/C22H16FN3O2/c1-13-9-14(5-6-18(13)22(24)27)20-11-16(7-8-25-20)28-17-10-15-3-2-4-19(23)21(15)26-12-17/h2-12H,1H3,(H2,24,27). The molecule has 0 atom stereocenters. The molecule has 2 heterocycles. The maximum Gasteiger partial charge on any atom is 0.248 e. The number of carbonyl (C=O) groups is 1.